The van der Waals surface area contributed by atoms with E-state index in [9.17, 15) is 15.0 Å². The molecule has 0 aliphatic carbocycles. The second-order valence-electron chi connectivity index (χ2n) is 7.37. The van der Waals surface area contributed by atoms with Crippen LogP contribution in [0.4, 0.5) is 0 Å². The SMILES string of the molecule is Cc1ccc(C2c3c(-c4cc(C)cc(C)c4O)n[nH]c3C(=O)N2CCO)cc1. The van der Waals surface area contributed by atoms with Crippen LogP contribution in [-0.2, 0) is 0 Å². The number of aromatic nitrogens is 2. The summed E-state index contributed by atoms with van der Waals surface area (Å²) in [7, 11) is 0. The third-order valence-corrected chi connectivity index (χ3v) is 5.30. The van der Waals surface area contributed by atoms with Crippen molar-refractivity contribution in [3.05, 3.63) is 69.9 Å². The molecule has 0 saturated heterocycles. The van der Waals surface area contributed by atoms with Crippen molar-refractivity contribution in [2.45, 2.75) is 26.8 Å². The lowest BCUT2D eigenvalue weighted by Gasteiger charge is -2.26. The molecule has 2 aromatic carbocycles. The molecule has 144 valence electrons. The van der Waals surface area contributed by atoms with Crippen molar-refractivity contribution in [2.75, 3.05) is 13.2 Å². The third kappa shape index (κ3) is 2.77. The second kappa shape index (κ2) is 6.80. The number of H-pyrrole nitrogens is 1. The van der Waals surface area contributed by atoms with Crippen molar-refractivity contribution < 1.29 is 15.0 Å². The first kappa shape index (κ1) is 18.3. The number of fused-ring (bicyclic) bond motifs is 1. The number of carbonyl (C=O) groups excluding carboxylic acids is 1. The van der Waals surface area contributed by atoms with Gasteiger partial charge in [-0.15, -0.1) is 0 Å². The highest BCUT2D eigenvalue weighted by molar-refractivity contribution is 6.00. The first-order valence-corrected chi connectivity index (χ1v) is 9.29. The van der Waals surface area contributed by atoms with Crippen molar-refractivity contribution >= 4 is 5.91 Å². The third-order valence-electron chi connectivity index (χ3n) is 5.30. The number of aliphatic hydroxyl groups is 1. The Morgan fingerprint density at radius 3 is 2.50 bits per heavy atom. The summed E-state index contributed by atoms with van der Waals surface area (Å²) in [4.78, 5) is 14.6. The van der Waals surface area contributed by atoms with Crippen molar-refractivity contribution in [3.8, 4) is 17.0 Å². The highest BCUT2D eigenvalue weighted by Crippen LogP contribution is 2.45. The van der Waals surface area contributed by atoms with Crippen molar-refractivity contribution in [1.29, 1.82) is 0 Å². The molecule has 2 heterocycles. The summed E-state index contributed by atoms with van der Waals surface area (Å²) < 4.78 is 0. The molecule has 0 radical (unpaired) electrons. The second-order valence-corrected chi connectivity index (χ2v) is 7.37. The lowest BCUT2D eigenvalue weighted by molar-refractivity contribution is 0.0706. The maximum Gasteiger partial charge on any atom is 0.273 e. The number of amides is 1. The minimum absolute atomic E-state index is 0.129. The summed E-state index contributed by atoms with van der Waals surface area (Å²) in [5, 5.41) is 27.4. The zero-order valence-electron chi connectivity index (χ0n) is 16.2. The van der Waals surface area contributed by atoms with Gasteiger partial charge in [0.2, 0.25) is 0 Å². The Hall–Kier alpha value is -3.12. The smallest absolute Gasteiger partial charge is 0.273 e. The van der Waals surface area contributed by atoms with Crippen LogP contribution in [0.15, 0.2) is 36.4 Å². The summed E-state index contributed by atoms with van der Waals surface area (Å²) in [5.74, 6) is -0.0344. The molecule has 1 aliphatic rings. The number of nitrogens with zero attached hydrogens (tertiary/aromatic N) is 2. The van der Waals surface area contributed by atoms with Gasteiger partial charge in [0.15, 0.2) is 0 Å². The summed E-state index contributed by atoms with van der Waals surface area (Å²) >= 11 is 0. The number of phenolic OH excluding ortho intramolecular Hbond substituents is 1. The van der Waals surface area contributed by atoms with Gasteiger partial charge in [-0.3, -0.25) is 9.89 Å². The number of rotatable bonds is 4. The number of benzene rings is 2. The predicted molar refractivity (Wildman–Crippen MR) is 106 cm³/mol. The van der Waals surface area contributed by atoms with Gasteiger partial charge in [-0.25, -0.2) is 0 Å². The Morgan fingerprint density at radius 1 is 1.11 bits per heavy atom. The molecular weight excluding hydrogens is 354 g/mol. The molecule has 28 heavy (non-hydrogen) atoms. The molecule has 4 rings (SSSR count). The summed E-state index contributed by atoms with van der Waals surface area (Å²) in [6.07, 6.45) is 0. The molecule has 6 nitrogen and oxygen atoms in total. The molecule has 1 unspecified atom stereocenters. The summed E-state index contributed by atoms with van der Waals surface area (Å²) in [6.45, 7) is 5.91. The van der Waals surface area contributed by atoms with Gasteiger partial charge in [0.05, 0.1) is 12.6 Å². The Morgan fingerprint density at radius 2 is 1.82 bits per heavy atom. The van der Waals surface area contributed by atoms with E-state index in [0.29, 0.717) is 17.0 Å². The number of phenols is 1. The lowest BCUT2D eigenvalue weighted by atomic mass is 9.93. The van der Waals surface area contributed by atoms with E-state index in [2.05, 4.69) is 10.2 Å². The molecule has 6 heteroatoms. The topological polar surface area (TPSA) is 89.5 Å². The maximum atomic E-state index is 13.0. The first-order chi connectivity index (χ1) is 13.4. The predicted octanol–water partition coefficient (Wildman–Crippen LogP) is 3.25. The van der Waals surface area contributed by atoms with Gasteiger partial charge in [-0.1, -0.05) is 35.9 Å². The van der Waals surface area contributed by atoms with E-state index in [0.717, 1.165) is 27.8 Å². The molecule has 0 spiro atoms. The number of nitrogens with one attached hydrogen (secondary N) is 1. The fourth-order valence-corrected chi connectivity index (χ4v) is 3.98. The molecule has 0 bridgehead atoms. The van der Waals surface area contributed by atoms with Crippen LogP contribution in [0, 0.1) is 20.8 Å². The zero-order valence-corrected chi connectivity index (χ0v) is 16.2. The first-order valence-electron chi connectivity index (χ1n) is 9.29. The van der Waals surface area contributed by atoms with Gasteiger partial charge in [0.1, 0.15) is 17.1 Å². The summed E-state index contributed by atoms with van der Waals surface area (Å²) in [5.41, 5.74) is 6.15. The number of hydrogen-bond acceptors (Lipinski definition) is 4. The van der Waals surface area contributed by atoms with E-state index in [4.69, 9.17) is 0 Å². The molecular formula is C22H23N3O3. The molecule has 1 amide bonds. The molecule has 1 atom stereocenters. The van der Waals surface area contributed by atoms with Crippen LogP contribution in [0.2, 0.25) is 0 Å². The molecule has 3 N–H and O–H groups in total. The fourth-order valence-electron chi connectivity index (χ4n) is 3.98. The van der Waals surface area contributed by atoms with Crippen LogP contribution in [0.5, 0.6) is 5.75 Å². The van der Waals surface area contributed by atoms with Crippen molar-refractivity contribution in [3.63, 3.8) is 0 Å². The average Bonchev–Trinajstić information content (AvgIpc) is 3.19. The quantitative estimate of drug-likeness (QED) is 0.651. The monoisotopic (exact) mass is 377 g/mol. The van der Waals surface area contributed by atoms with Gasteiger partial charge in [-0.05, 0) is 43.5 Å². The van der Waals surface area contributed by atoms with E-state index in [1.807, 2.05) is 57.2 Å². The van der Waals surface area contributed by atoms with Gasteiger partial charge >= 0.3 is 0 Å². The Labute approximate surface area is 163 Å². The number of aromatic hydroxyl groups is 1. The van der Waals surface area contributed by atoms with E-state index >= 15 is 0 Å². The average molecular weight is 377 g/mol. The minimum Gasteiger partial charge on any atom is -0.507 e. The van der Waals surface area contributed by atoms with Crippen LogP contribution in [0.3, 0.4) is 0 Å². The van der Waals surface area contributed by atoms with Crippen LogP contribution in [0.1, 0.15) is 44.3 Å². The van der Waals surface area contributed by atoms with Crippen molar-refractivity contribution in [2.24, 2.45) is 0 Å². The highest BCUT2D eigenvalue weighted by atomic mass is 16.3. The molecule has 1 aliphatic heterocycles. The van der Waals surface area contributed by atoms with Gasteiger partial charge in [0.25, 0.3) is 5.91 Å². The van der Waals surface area contributed by atoms with Gasteiger partial charge in [0, 0.05) is 17.7 Å². The zero-order chi connectivity index (χ0) is 20.0. The van der Waals surface area contributed by atoms with E-state index in [-0.39, 0.29) is 30.9 Å². The van der Waals surface area contributed by atoms with Gasteiger partial charge < -0.3 is 15.1 Å². The Bertz CT molecular complexity index is 1050. The van der Waals surface area contributed by atoms with E-state index in [1.54, 1.807) is 4.90 Å². The number of aromatic amines is 1. The number of aryl methyl sites for hydroxylation is 3. The molecule has 3 aromatic rings. The lowest BCUT2D eigenvalue weighted by Crippen LogP contribution is -2.32. The number of carbonyl (C=O) groups is 1. The number of β-amino-alcohol motifs (C(OH)–C–C–N with tert-alkyl or cyclic N) is 1. The number of aliphatic hydroxyl groups excluding tert-OH is 1. The van der Waals surface area contributed by atoms with E-state index < -0.39 is 0 Å². The fraction of sp³-hybridized carbons (Fsp3) is 0.273. The largest absolute Gasteiger partial charge is 0.507 e. The standard InChI is InChI=1S/C22H23N3O3/c1-12-4-6-15(7-5-12)20-17-18(16-11-13(2)10-14(3)21(16)27)23-24-19(17)22(28)25(20)8-9-26/h4-7,10-11,20,26-27H,8-9H2,1-3H3,(H,23,24). The van der Waals surface area contributed by atoms with Crippen LogP contribution >= 0.6 is 0 Å². The highest BCUT2D eigenvalue weighted by Gasteiger charge is 2.42. The Kier molecular flexibility index (Phi) is 4.43. The normalized spacial score (nSPS) is 15.9. The maximum absolute atomic E-state index is 13.0. The molecule has 0 saturated carbocycles. The number of hydrogen-bond donors (Lipinski definition) is 3. The van der Waals surface area contributed by atoms with Crippen LogP contribution in [-0.4, -0.2) is 44.4 Å². The van der Waals surface area contributed by atoms with Crippen molar-refractivity contribution in [1.82, 2.24) is 15.1 Å². The van der Waals surface area contributed by atoms with Crippen LogP contribution in [0.25, 0.3) is 11.3 Å². The summed E-state index contributed by atoms with van der Waals surface area (Å²) in [6, 6.07) is 11.4. The minimum atomic E-state index is -0.371. The van der Waals surface area contributed by atoms with Gasteiger partial charge in [-0.2, -0.15) is 5.10 Å². The molecule has 1 aromatic heterocycles. The van der Waals surface area contributed by atoms with E-state index in [1.165, 1.54) is 0 Å². The van der Waals surface area contributed by atoms with Crippen LogP contribution < -0.4 is 0 Å². The Balaban J connectivity index is 1.94. The molecule has 0 fully saturated rings.